The lowest BCUT2D eigenvalue weighted by Gasteiger charge is -2.27. The van der Waals surface area contributed by atoms with Crippen LogP contribution in [-0.4, -0.2) is 0 Å². The average Bonchev–Trinajstić information content (AvgIpc) is 4.27. The minimum absolute atomic E-state index is 0.779. The molecule has 13 aromatic carbocycles. The molecule has 0 spiro atoms. The van der Waals surface area contributed by atoms with Crippen molar-refractivity contribution in [2.24, 2.45) is 0 Å². The van der Waals surface area contributed by atoms with Gasteiger partial charge in [0, 0.05) is 71.6 Å². The van der Waals surface area contributed by atoms with Gasteiger partial charge in [-0.3, -0.25) is 0 Å². The van der Waals surface area contributed by atoms with Crippen LogP contribution in [0.2, 0.25) is 0 Å². The van der Waals surface area contributed by atoms with E-state index in [1.165, 1.54) is 0 Å². The third-order valence-corrected chi connectivity index (χ3v) is 16.8. The van der Waals surface area contributed by atoms with Crippen LogP contribution in [0.15, 0.2) is 272 Å². The zero-order chi connectivity index (χ0) is 54.2. The van der Waals surface area contributed by atoms with E-state index in [9.17, 15) is 0 Å². The van der Waals surface area contributed by atoms with Crippen LogP contribution < -0.4 is 9.80 Å². The second-order valence-corrected chi connectivity index (χ2v) is 21.6. The molecule has 17 aromatic rings. The quantitative estimate of drug-likeness (QED) is 0.151. The first-order valence-corrected chi connectivity index (χ1v) is 27.9. The number of furan rings is 4. The van der Waals surface area contributed by atoms with Crippen LogP contribution >= 0.6 is 0 Å². The number of aryl methyl sites for hydroxylation is 2. The van der Waals surface area contributed by atoms with Crippen molar-refractivity contribution in [1.82, 2.24) is 0 Å². The lowest BCUT2D eigenvalue weighted by atomic mass is 10.0. The van der Waals surface area contributed by atoms with E-state index in [0.29, 0.717) is 0 Å². The molecule has 6 heteroatoms. The fourth-order valence-corrected chi connectivity index (χ4v) is 12.9. The highest BCUT2D eigenvalue weighted by Gasteiger charge is 2.25. The molecule has 386 valence electrons. The van der Waals surface area contributed by atoms with Gasteiger partial charge >= 0.3 is 0 Å². The monoisotopic (exact) mass is 1050 g/mol. The Balaban J connectivity index is 0.786. The molecule has 0 aliphatic carbocycles. The first-order chi connectivity index (χ1) is 40.5. The van der Waals surface area contributed by atoms with Gasteiger partial charge < -0.3 is 27.5 Å². The van der Waals surface area contributed by atoms with Crippen molar-refractivity contribution in [2.75, 3.05) is 9.80 Å². The molecule has 0 saturated heterocycles. The van der Waals surface area contributed by atoms with Crippen LogP contribution in [-0.2, 0) is 0 Å². The van der Waals surface area contributed by atoms with Crippen molar-refractivity contribution in [3.8, 4) is 22.3 Å². The van der Waals surface area contributed by atoms with Crippen molar-refractivity contribution in [2.45, 2.75) is 13.8 Å². The maximum absolute atomic E-state index is 7.03. The van der Waals surface area contributed by atoms with Gasteiger partial charge in [-0.25, -0.2) is 0 Å². The molecule has 82 heavy (non-hydrogen) atoms. The third-order valence-electron chi connectivity index (χ3n) is 16.8. The summed E-state index contributed by atoms with van der Waals surface area (Å²) >= 11 is 0. The molecular weight excluding hydrogens is 1000 g/mol. The van der Waals surface area contributed by atoms with Gasteiger partial charge in [-0.15, -0.1) is 0 Å². The van der Waals surface area contributed by atoms with Gasteiger partial charge in [0.2, 0.25) is 0 Å². The number of para-hydroxylation sites is 6. The summed E-state index contributed by atoms with van der Waals surface area (Å²) in [6.07, 6.45) is 0. The molecule has 0 amide bonds. The highest BCUT2D eigenvalue weighted by Crippen LogP contribution is 2.49. The van der Waals surface area contributed by atoms with Crippen molar-refractivity contribution in [3.63, 3.8) is 0 Å². The van der Waals surface area contributed by atoms with E-state index in [2.05, 4.69) is 266 Å². The maximum atomic E-state index is 7.03. The van der Waals surface area contributed by atoms with Gasteiger partial charge in [-0.2, -0.15) is 0 Å². The van der Waals surface area contributed by atoms with Gasteiger partial charge in [0.1, 0.15) is 33.5 Å². The number of rotatable bonds is 8. The molecule has 0 radical (unpaired) electrons. The van der Waals surface area contributed by atoms with Gasteiger partial charge in [0.05, 0.1) is 16.8 Å². The number of hydrogen-bond acceptors (Lipinski definition) is 6. The number of anilines is 6. The SMILES string of the molecule is Cc1ccccc1N(c1ccc2cc3c(cc2c1)oc1c3ccc2oc3cc4cc(N(c5ccccc5C)c5cccc6c5oc5c(-c7ccccc7)cccc56)ccc4cc3c21)c1cccc2c1oc1c(-c3ccccc3)cccc12. The highest BCUT2D eigenvalue weighted by molar-refractivity contribution is 6.25. The van der Waals surface area contributed by atoms with Crippen molar-refractivity contribution >= 4 is 143 Å². The molecule has 0 fully saturated rings. The van der Waals surface area contributed by atoms with Crippen LogP contribution in [0.1, 0.15) is 11.1 Å². The van der Waals surface area contributed by atoms with Gasteiger partial charge in [-0.1, -0.05) is 170 Å². The van der Waals surface area contributed by atoms with Crippen LogP contribution in [0.5, 0.6) is 0 Å². The summed E-state index contributed by atoms with van der Waals surface area (Å²) in [6.45, 7) is 4.33. The maximum Gasteiger partial charge on any atom is 0.159 e. The minimum Gasteiger partial charge on any atom is -0.456 e. The van der Waals surface area contributed by atoms with E-state index in [1.54, 1.807) is 0 Å². The second-order valence-electron chi connectivity index (χ2n) is 21.6. The van der Waals surface area contributed by atoms with E-state index < -0.39 is 0 Å². The van der Waals surface area contributed by atoms with E-state index in [0.717, 1.165) is 177 Å². The Morgan fingerprint density at radius 1 is 0.256 bits per heavy atom. The molecule has 0 N–H and O–H groups in total. The lowest BCUT2D eigenvalue weighted by Crippen LogP contribution is -2.11. The van der Waals surface area contributed by atoms with Crippen molar-refractivity contribution < 1.29 is 17.7 Å². The average molecular weight is 1050 g/mol. The Kier molecular flexibility index (Phi) is 10.0. The van der Waals surface area contributed by atoms with Crippen molar-refractivity contribution in [3.05, 3.63) is 266 Å². The van der Waals surface area contributed by atoms with Gasteiger partial charge in [0.15, 0.2) is 11.2 Å². The summed E-state index contributed by atoms with van der Waals surface area (Å²) in [5.74, 6) is 0. The van der Waals surface area contributed by atoms with Gasteiger partial charge in [0.25, 0.3) is 0 Å². The zero-order valence-electron chi connectivity index (χ0n) is 44.8. The molecular formula is C76H48N2O4. The Labute approximate surface area is 470 Å². The van der Waals surface area contributed by atoms with E-state index in [4.69, 9.17) is 17.7 Å². The molecule has 0 saturated carbocycles. The predicted molar refractivity (Wildman–Crippen MR) is 340 cm³/mol. The van der Waals surface area contributed by atoms with Crippen molar-refractivity contribution in [1.29, 1.82) is 0 Å². The topological polar surface area (TPSA) is 59.0 Å². The summed E-state index contributed by atoms with van der Waals surface area (Å²) in [6, 6.07) is 90.4. The highest BCUT2D eigenvalue weighted by atomic mass is 16.3. The standard InChI is InChI=1S/C76H48N2O4/c1-45-17-9-11-29-64(45)77(66-31-15-27-59-57-25-13-23-55(72(57)81-74(59)66)47-19-5-3-6-20-47)53-35-33-49-41-62-61-37-38-68-71(76(61)80-69(62)43-51(49)39-53)63-42-50-34-36-54(40-52(50)44-70(63)79-68)78(65-30-12-10-18-46(65)2)67-32-16-28-60-58-26-14-24-56(73(58)82-75(60)67)48-21-7-4-8-22-48/h3-44H,1-2H3. The molecule has 0 aliphatic heterocycles. The van der Waals surface area contributed by atoms with E-state index in [1.807, 2.05) is 12.1 Å². The molecule has 0 aliphatic rings. The molecule has 4 heterocycles. The summed E-state index contributed by atoms with van der Waals surface area (Å²) in [7, 11) is 0. The van der Waals surface area contributed by atoms with E-state index in [-0.39, 0.29) is 0 Å². The van der Waals surface area contributed by atoms with Gasteiger partial charge in [-0.05, 0) is 143 Å². The molecule has 6 nitrogen and oxygen atoms in total. The molecule has 0 bridgehead atoms. The summed E-state index contributed by atoms with van der Waals surface area (Å²) in [4.78, 5) is 4.67. The Morgan fingerprint density at radius 3 is 1.22 bits per heavy atom. The Bertz CT molecular complexity index is 5450. The largest absolute Gasteiger partial charge is 0.456 e. The van der Waals surface area contributed by atoms with E-state index >= 15 is 0 Å². The molecule has 0 unspecified atom stereocenters. The van der Waals surface area contributed by atoms with Crippen LogP contribution in [0.3, 0.4) is 0 Å². The molecule has 17 rings (SSSR count). The number of benzene rings is 13. The smallest absolute Gasteiger partial charge is 0.159 e. The lowest BCUT2D eigenvalue weighted by molar-refractivity contribution is 0.663. The predicted octanol–water partition coefficient (Wildman–Crippen LogP) is 22.5. The van der Waals surface area contributed by atoms with Crippen LogP contribution in [0.4, 0.5) is 34.1 Å². The second kappa shape index (κ2) is 17.8. The fourth-order valence-electron chi connectivity index (χ4n) is 12.9. The minimum atomic E-state index is 0.779. The fraction of sp³-hybridized carbons (Fsp3) is 0.0263. The first-order valence-electron chi connectivity index (χ1n) is 27.9. The number of nitrogens with zero attached hydrogens (tertiary/aromatic N) is 2. The summed E-state index contributed by atoms with van der Waals surface area (Å²) < 4.78 is 27.8. The normalized spacial score (nSPS) is 12.0. The zero-order valence-corrected chi connectivity index (χ0v) is 44.8. The summed E-state index contributed by atoms with van der Waals surface area (Å²) in [5, 5.41) is 12.7. The number of hydrogen-bond donors (Lipinski definition) is 0. The molecule has 0 atom stereocenters. The molecule has 4 aromatic heterocycles. The Hall–Kier alpha value is -10.8. The Morgan fingerprint density at radius 2 is 0.695 bits per heavy atom. The third kappa shape index (κ3) is 7.01. The first kappa shape index (κ1) is 46.1. The summed E-state index contributed by atoms with van der Waals surface area (Å²) in [5.41, 5.74) is 19.4. The van der Waals surface area contributed by atoms with Crippen LogP contribution in [0.25, 0.3) is 132 Å². The van der Waals surface area contributed by atoms with Crippen LogP contribution in [0, 0.1) is 13.8 Å². The number of fused-ring (bicyclic) bond motifs is 15.